The van der Waals surface area contributed by atoms with Crippen LogP contribution in [0.25, 0.3) is 0 Å². The fraction of sp³-hybridized carbons (Fsp3) is 0.533. The van der Waals surface area contributed by atoms with Gasteiger partial charge in [-0.05, 0) is 24.1 Å². The van der Waals surface area contributed by atoms with Crippen LogP contribution in [-0.2, 0) is 4.79 Å². The summed E-state index contributed by atoms with van der Waals surface area (Å²) in [6.45, 7) is 2.15. The molecule has 1 aromatic rings. The van der Waals surface area contributed by atoms with Crippen molar-refractivity contribution in [1.29, 1.82) is 0 Å². The molecule has 0 spiro atoms. The molecule has 0 aliphatic heterocycles. The minimum atomic E-state index is -0.833. The predicted octanol–water partition coefficient (Wildman–Crippen LogP) is 3.50. The second kappa shape index (κ2) is 7.67. The van der Waals surface area contributed by atoms with E-state index in [9.17, 15) is 15.0 Å². The molecule has 19 heavy (non-hydrogen) atoms. The fourth-order valence-electron chi connectivity index (χ4n) is 2.17. The van der Waals surface area contributed by atoms with E-state index in [1.165, 1.54) is 18.9 Å². The second-order valence-corrected chi connectivity index (χ2v) is 4.91. The van der Waals surface area contributed by atoms with Crippen LogP contribution in [0.3, 0.4) is 0 Å². The van der Waals surface area contributed by atoms with Gasteiger partial charge in [0.05, 0.1) is 11.6 Å². The lowest BCUT2D eigenvalue weighted by Crippen LogP contribution is -2.12. The van der Waals surface area contributed by atoms with Crippen LogP contribution in [0.5, 0.6) is 5.75 Å². The normalized spacial score (nSPS) is 12.3. The van der Waals surface area contributed by atoms with Gasteiger partial charge >= 0.3 is 5.97 Å². The number of carboxylic acids is 1. The number of phenolic OH excluding ortho intramolecular Hbond substituents is 1. The van der Waals surface area contributed by atoms with Gasteiger partial charge in [-0.1, -0.05) is 45.1 Å². The van der Waals surface area contributed by atoms with Crippen molar-refractivity contribution >= 4 is 11.7 Å². The molecule has 0 saturated carbocycles. The summed E-state index contributed by atoms with van der Waals surface area (Å²) in [4.78, 5) is 11.3. The van der Waals surface area contributed by atoms with Crippen LogP contribution in [0.4, 0.5) is 5.69 Å². The molecular weight excluding hydrogens is 242 g/mol. The number of carbonyl (C=O) groups is 1. The highest BCUT2D eigenvalue weighted by Crippen LogP contribution is 2.28. The van der Waals surface area contributed by atoms with Crippen LogP contribution in [0, 0.1) is 0 Å². The van der Waals surface area contributed by atoms with Crippen molar-refractivity contribution in [1.82, 2.24) is 0 Å². The van der Waals surface area contributed by atoms with E-state index < -0.39 is 11.9 Å². The van der Waals surface area contributed by atoms with E-state index in [1.807, 2.05) is 0 Å². The number of aromatic hydroxyl groups is 1. The monoisotopic (exact) mass is 265 g/mol. The number of nitrogens with two attached hydrogens (primary N) is 1. The highest BCUT2D eigenvalue weighted by atomic mass is 16.4. The SMILES string of the molecule is CCCCCCCC(C(=O)O)c1ccc(O)c(N)c1. The number of carboxylic acid groups (broad SMARTS) is 1. The first kappa shape index (κ1) is 15.3. The zero-order valence-electron chi connectivity index (χ0n) is 11.4. The number of anilines is 1. The molecule has 4 N–H and O–H groups in total. The smallest absolute Gasteiger partial charge is 0.310 e. The third kappa shape index (κ3) is 4.81. The Balaban J connectivity index is 2.61. The number of hydrogen-bond donors (Lipinski definition) is 3. The van der Waals surface area contributed by atoms with Crippen molar-refractivity contribution in [2.45, 2.75) is 51.4 Å². The number of unbranched alkanes of at least 4 members (excludes halogenated alkanes) is 4. The molecule has 0 radical (unpaired) electrons. The Kier molecular flexibility index (Phi) is 6.19. The third-order valence-corrected chi connectivity index (χ3v) is 3.35. The van der Waals surface area contributed by atoms with Crippen LogP contribution in [-0.4, -0.2) is 16.2 Å². The molecule has 0 aliphatic rings. The second-order valence-electron chi connectivity index (χ2n) is 4.91. The summed E-state index contributed by atoms with van der Waals surface area (Å²) < 4.78 is 0. The van der Waals surface area contributed by atoms with E-state index in [0.29, 0.717) is 12.0 Å². The molecule has 0 saturated heterocycles. The first-order chi connectivity index (χ1) is 9.06. The van der Waals surface area contributed by atoms with Gasteiger partial charge in [-0.3, -0.25) is 4.79 Å². The van der Waals surface area contributed by atoms with E-state index in [2.05, 4.69) is 6.92 Å². The highest BCUT2D eigenvalue weighted by Gasteiger charge is 2.20. The molecule has 106 valence electrons. The molecule has 0 amide bonds. The Morgan fingerprint density at radius 2 is 1.95 bits per heavy atom. The molecule has 1 unspecified atom stereocenters. The van der Waals surface area contributed by atoms with Gasteiger partial charge in [-0.2, -0.15) is 0 Å². The van der Waals surface area contributed by atoms with E-state index in [-0.39, 0.29) is 11.4 Å². The minimum absolute atomic E-state index is 0.00386. The van der Waals surface area contributed by atoms with Crippen molar-refractivity contribution < 1.29 is 15.0 Å². The van der Waals surface area contributed by atoms with Crippen molar-refractivity contribution in [2.24, 2.45) is 0 Å². The Labute approximate surface area is 114 Å². The van der Waals surface area contributed by atoms with Crippen LogP contribution >= 0.6 is 0 Å². The lowest BCUT2D eigenvalue weighted by Gasteiger charge is -2.13. The molecule has 0 aromatic heterocycles. The van der Waals surface area contributed by atoms with Crippen LogP contribution in [0.2, 0.25) is 0 Å². The summed E-state index contributed by atoms with van der Waals surface area (Å²) in [6, 6.07) is 4.65. The molecule has 0 aliphatic carbocycles. The van der Waals surface area contributed by atoms with Crippen molar-refractivity contribution in [2.75, 3.05) is 5.73 Å². The van der Waals surface area contributed by atoms with Gasteiger partial charge in [0.2, 0.25) is 0 Å². The van der Waals surface area contributed by atoms with E-state index in [1.54, 1.807) is 12.1 Å². The third-order valence-electron chi connectivity index (χ3n) is 3.35. The van der Waals surface area contributed by atoms with Crippen LogP contribution in [0.1, 0.15) is 56.9 Å². The average molecular weight is 265 g/mol. The van der Waals surface area contributed by atoms with Gasteiger partial charge in [0, 0.05) is 0 Å². The minimum Gasteiger partial charge on any atom is -0.506 e. The molecular formula is C15H23NO3. The van der Waals surface area contributed by atoms with Gasteiger partial charge in [-0.25, -0.2) is 0 Å². The van der Waals surface area contributed by atoms with Crippen molar-refractivity contribution in [3.63, 3.8) is 0 Å². The molecule has 1 atom stereocenters. The number of phenols is 1. The van der Waals surface area contributed by atoms with E-state index >= 15 is 0 Å². The van der Waals surface area contributed by atoms with Crippen LogP contribution in [0.15, 0.2) is 18.2 Å². The number of nitrogen functional groups attached to an aromatic ring is 1. The van der Waals surface area contributed by atoms with E-state index in [4.69, 9.17) is 5.73 Å². The molecule has 1 aromatic carbocycles. The summed E-state index contributed by atoms with van der Waals surface area (Å²) in [5.41, 5.74) is 6.51. The summed E-state index contributed by atoms with van der Waals surface area (Å²) >= 11 is 0. The maximum Gasteiger partial charge on any atom is 0.310 e. The first-order valence-corrected chi connectivity index (χ1v) is 6.87. The Hall–Kier alpha value is -1.71. The number of benzene rings is 1. The molecule has 0 fully saturated rings. The standard InChI is InChI=1S/C15H23NO3/c1-2-3-4-5-6-7-12(15(18)19)11-8-9-14(17)13(16)10-11/h8-10,12,17H,2-7,16H2,1H3,(H,18,19). The van der Waals surface area contributed by atoms with Gasteiger partial charge < -0.3 is 15.9 Å². The average Bonchev–Trinajstić information content (AvgIpc) is 2.37. The molecule has 1 rings (SSSR count). The quantitative estimate of drug-likeness (QED) is 0.381. The fourth-order valence-corrected chi connectivity index (χ4v) is 2.17. The summed E-state index contributed by atoms with van der Waals surface area (Å²) in [5, 5.41) is 18.7. The Morgan fingerprint density at radius 1 is 1.26 bits per heavy atom. The van der Waals surface area contributed by atoms with Gasteiger partial charge in [0.1, 0.15) is 5.75 Å². The Morgan fingerprint density at radius 3 is 2.53 bits per heavy atom. The predicted molar refractivity (Wildman–Crippen MR) is 76.3 cm³/mol. The number of aliphatic carboxylic acids is 1. The zero-order valence-corrected chi connectivity index (χ0v) is 11.4. The molecule has 4 nitrogen and oxygen atoms in total. The van der Waals surface area contributed by atoms with Crippen LogP contribution < -0.4 is 5.73 Å². The van der Waals surface area contributed by atoms with Crippen molar-refractivity contribution in [3.8, 4) is 5.75 Å². The lowest BCUT2D eigenvalue weighted by atomic mass is 9.92. The molecule has 0 heterocycles. The topological polar surface area (TPSA) is 83.5 Å². The van der Waals surface area contributed by atoms with Gasteiger partial charge in [-0.15, -0.1) is 0 Å². The molecule has 0 bridgehead atoms. The Bertz CT molecular complexity index is 418. The van der Waals surface area contributed by atoms with Gasteiger partial charge in [0.15, 0.2) is 0 Å². The summed E-state index contributed by atoms with van der Waals surface area (Å²) in [7, 11) is 0. The maximum absolute atomic E-state index is 11.3. The maximum atomic E-state index is 11.3. The number of rotatable bonds is 8. The first-order valence-electron chi connectivity index (χ1n) is 6.87. The highest BCUT2D eigenvalue weighted by molar-refractivity contribution is 5.76. The zero-order chi connectivity index (χ0) is 14.3. The summed E-state index contributed by atoms with van der Waals surface area (Å²) in [6.07, 6.45) is 6.10. The number of hydrogen-bond acceptors (Lipinski definition) is 3. The lowest BCUT2D eigenvalue weighted by molar-refractivity contribution is -0.139. The van der Waals surface area contributed by atoms with E-state index in [0.717, 1.165) is 19.3 Å². The summed E-state index contributed by atoms with van der Waals surface area (Å²) in [5.74, 6) is -1.37. The van der Waals surface area contributed by atoms with Gasteiger partial charge in [0.25, 0.3) is 0 Å². The van der Waals surface area contributed by atoms with Crippen molar-refractivity contribution in [3.05, 3.63) is 23.8 Å². The largest absolute Gasteiger partial charge is 0.506 e. The molecule has 4 heteroatoms.